The third-order valence-corrected chi connectivity index (χ3v) is 4.58. The lowest BCUT2D eigenvalue weighted by atomic mass is 10.1. The zero-order chi connectivity index (χ0) is 21.5. The number of benzene rings is 2. The van der Waals surface area contributed by atoms with Crippen LogP contribution in [-0.4, -0.2) is 27.7 Å². The number of anilines is 1. The number of pyridine rings is 1. The molecule has 1 N–H and O–H groups in total. The Morgan fingerprint density at radius 3 is 2.33 bits per heavy atom. The SMILES string of the molecule is CC(C)N(Cc1ccccc1)C(=O)c1cccc(C(=O)Nc2ccccc2C#N)n1. The fraction of sp³-hybridized carbons (Fsp3) is 0.167. The Morgan fingerprint density at radius 1 is 0.967 bits per heavy atom. The van der Waals surface area contributed by atoms with Crippen LogP contribution in [0.2, 0.25) is 0 Å². The van der Waals surface area contributed by atoms with Crippen LogP contribution in [-0.2, 0) is 6.54 Å². The molecule has 2 aromatic carbocycles. The first-order valence-electron chi connectivity index (χ1n) is 9.62. The molecular formula is C24H22N4O2. The Bertz CT molecular complexity index is 1090. The van der Waals surface area contributed by atoms with E-state index in [9.17, 15) is 14.9 Å². The van der Waals surface area contributed by atoms with Gasteiger partial charge in [0.05, 0.1) is 11.3 Å². The van der Waals surface area contributed by atoms with Crippen molar-refractivity contribution in [1.82, 2.24) is 9.88 Å². The lowest BCUT2D eigenvalue weighted by Gasteiger charge is -2.26. The molecule has 0 aliphatic heterocycles. The maximum Gasteiger partial charge on any atom is 0.274 e. The van der Waals surface area contributed by atoms with Crippen LogP contribution < -0.4 is 5.32 Å². The van der Waals surface area contributed by atoms with Crippen LogP contribution in [0.5, 0.6) is 0 Å². The zero-order valence-electron chi connectivity index (χ0n) is 16.9. The van der Waals surface area contributed by atoms with E-state index >= 15 is 0 Å². The van der Waals surface area contributed by atoms with Gasteiger partial charge in [0.25, 0.3) is 11.8 Å². The zero-order valence-corrected chi connectivity index (χ0v) is 16.9. The summed E-state index contributed by atoms with van der Waals surface area (Å²) in [6, 6.07) is 23.2. The highest BCUT2D eigenvalue weighted by molar-refractivity contribution is 6.04. The first-order valence-corrected chi connectivity index (χ1v) is 9.62. The van der Waals surface area contributed by atoms with Crippen LogP contribution in [0.1, 0.15) is 46.0 Å². The molecule has 0 unspecified atom stereocenters. The number of hydrogen-bond acceptors (Lipinski definition) is 4. The monoisotopic (exact) mass is 398 g/mol. The second-order valence-electron chi connectivity index (χ2n) is 7.03. The van der Waals surface area contributed by atoms with E-state index in [1.165, 1.54) is 6.07 Å². The summed E-state index contributed by atoms with van der Waals surface area (Å²) in [6.45, 7) is 4.33. The number of rotatable bonds is 6. The van der Waals surface area contributed by atoms with E-state index in [1.54, 1.807) is 41.3 Å². The van der Waals surface area contributed by atoms with Gasteiger partial charge in [-0.25, -0.2) is 4.98 Å². The van der Waals surface area contributed by atoms with Gasteiger partial charge in [0.15, 0.2) is 0 Å². The normalized spacial score (nSPS) is 10.3. The van der Waals surface area contributed by atoms with Crippen LogP contribution in [0.3, 0.4) is 0 Å². The third-order valence-electron chi connectivity index (χ3n) is 4.58. The Labute approximate surface area is 175 Å². The summed E-state index contributed by atoms with van der Waals surface area (Å²) in [4.78, 5) is 31.8. The van der Waals surface area contributed by atoms with E-state index < -0.39 is 5.91 Å². The molecule has 0 atom stereocenters. The average Bonchev–Trinajstić information content (AvgIpc) is 2.78. The van der Waals surface area contributed by atoms with E-state index in [0.717, 1.165) is 5.56 Å². The second-order valence-corrected chi connectivity index (χ2v) is 7.03. The number of aromatic nitrogens is 1. The van der Waals surface area contributed by atoms with Crippen LogP contribution in [0, 0.1) is 11.3 Å². The van der Waals surface area contributed by atoms with Gasteiger partial charge < -0.3 is 10.2 Å². The lowest BCUT2D eigenvalue weighted by molar-refractivity contribution is 0.0684. The van der Waals surface area contributed by atoms with Gasteiger partial charge in [0, 0.05) is 12.6 Å². The smallest absolute Gasteiger partial charge is 0.274 e. The van der Waals surface area contributed by atoms with Crippen molar-refractivity contribution < 1.29 is 9.59 Å². The first kappa shape index (κ1) is 20.7. The van der Waals surface area contributed by atoms with Gasteiger partial charge in [0.1, 0.15) is 17.5 Å². The molecule has 0 saturated heterocycles. The van der Waals surface area contributed by atoms with Crippen molar-refractivity contribution in [3.8, 4) is 6.07 Å². The Balaban J connectivity index is 1.81. The van der Waals surface area contributed by atoms with E-state index in [2.05, 4.69) is 10.3 Å². The predicted octanol–water partition coefficient (Wildman–Crippen LogP) is 4.26. The molecule has 0 spiro atoms. The number of para-hydroxylation sites is 1. The van der Waals surface area contributed by atoms with Crippen molar-refractivity contribution in [2.75, 3.05) is 5.32 Å². The summed E-state index contributed by atoms with van der Waals surface area (Å²) in [6.07, 6.45) is 0. The molecule has 150 valence electrons. The highest BCUT2D eigenvalue weighted by Crippen LogP contribution is 2.16. The molecule has 3 rings (SSSR count). The topological polar surface area (TPSA) is 86.1 Å². The Kier molecular flexibility index (Phi) is 6.56. The number of nitrogens with one attached hydrogen (secondary N) is 1. The van der Waals surface area contributed by atoms with Crippen LogP contribution in [0.15, 0.2) is 72.8 Å². The molecule has 0 radical (unpaired) electrons. The first-order chi connectivity index (χ1) is 14.5. The molecular weight excluding hydrogens is 376 g/mol. The molecule has 0 aliphatic rings. The molecule has 1 heterocycles. The molecule has 0 fully saturated rings. The molecule has 6 nitrogen and oxygen atoms in total. The van der Waals surface area contributed by atoms with Crippen molar-refractivity contribution in [2.24, 2.45) is 0 Å². The maximum absolute atomic E-state index is 13.1. The van der Waals surface area contributed by atoms with E-state index in [-0.39, 0.29) is 23.3 Å². The Morgan fingerprint density at radius 2 is 1.63 bits per heavy atom. The minimum atomic E-state index is -0.480. The van der Waals surface area contributed by atoms with Gasteiger partial charge in [-0.3, -0.25) is 9.59 Å². The summed E-state index contributed by atoms with van der Waals surface area (Å²) < 4.78 is 0. The van der Waals surface area contributed by atoms with Crippen LogP contribution in [0.25, 0.3) is 0 Å². The van der Waals surface area contributed by atoms with E-state index in [0.29, 0.717) is 17.8 Å². The number of amides is 2. The minimum Gasteiger partial charge on any atom is -0.331 e. The van der Waals surface area contributed by atoms with Crippen molar-refractivity contribution in [1.29, 1.82) is 5.26 Å². The lowest BCUT2D eigenvalue weighted by Crippen LogP contribution is -2.37. The standard InChI is InChI=1S/C24H22N4O2/c1-17(2)28(16-18-9-4-3-5-10-18)24(30)22-14-8-13-21(26-22)23(29)27-20-12-7-6-11-19(20)15-25/h3-14,17H,16H2,1-2H3,(H,27,29). The number of nitriles is 1. The quantitative estimate of drug-likeness (QED) is 0.672. The highest BCUT2D eigenvalue weighted by Gasteiger charge is 2.21. The van der Waals surface area contributed by atoms with Gasteiger partial charge in [-0.15, -0.1) is 0 Å². The van der Waals surface area contributed by atoms with Gasteiger partial charge in [0.2, 0.25) is 0 Å². The predicted molar refractivity (Wildman–Crippen MR) is 115 cm³/mol. The number of carbonyl (C=O) groups is 2. The summed E-state index contributed by atoms with van der Waals surface area (Å²) in [5.41, 5.74) is 2.07. The van der Waals surface area contributed by atoms with Crippen molar-refractivity contribution in [2.45, 2.75) is 26.4 Å². The van der Waals surface area contributed by atoms with E-state index in [4.69, 9.17) is 0 Å². The highest BCUT2D eigenvalue weighted by atomic mass is 16.2. The van der Waals surface area contributed by atoms with Crippen LogP contribution >= 0.6 is 0 Å². The van der Waals surface area contributed by atoms with Crippen molar-refractivity contribution in [3.05, 3.63) is 95.3 Å². The fourth-order valence-electron chi connectivity index (χ4n) is 2.97. The molecule has 0 saturated carbocycles. The van der Waals surface area contributed by atoms with Gasteiger partial charge in [-0.1, -0.05) is 48.5 Å². The second kappa shape index (κ2) is 9.48. The molecule has 1 aromatic heterocycles. The molecule has 6 heteroatoms. The van der Waals surface area contributed by atoms with Crippen LogP contribution in [0.4, 0.5) is 5.69 Å². The molecule has 0 aliphatic carbocycles. The maximum atomic E-state index is 13.1. The molecule has 0 bridgehead atoms. The third kappa shape index (κ3) is 4.89. The van der Waals surface area contributed by atoms with Gasteiger partial charge in [-0.05, 0) is 43.7 Å². The van der Waals surface area contributed by atoms with E-state index in [1.807, 2.05) is 50.2 Å². The number of carbonyl (C=O) groups excluding carboxylic acids is 2. The average molecular weight is 398 g/mol. The van der Waals surface area contributed by atoms with Gasteiger partial charge >= 0.3 is 0 Å². The fourth-order valence-corrected chi connectivity index (χ4v) is 2.97. The summed E-state index contributed by atoms with van der Waals surface area (Å²) in [5.74, 6) is -0.729. The molecule has 3 aromatic rings. The van der Waals surface area contributed by atoms with Crippen molar-refractivity contribution in [3.63, 3.8) is 0 Å². The number of nitrogens with zero attached hydrogens (tertiary/aromatic N) is 3. The summed E-state index contributed by atoms with van der Waals surface area (Å²) in [7, 11) is 0. The summed E-state index contributed by atoms with van der Waals surface area (Å²) in [5, 5.41) is 11.9. The molecule has 30 heavy (non-hydrogen) atoms. The number of hydrogen-bond donors (Lipinski definition) is 1. The largest absolute Gasteiger partial charge is 0.331 e. The van der Waals surface area contributed by atoms with Crippen molar-refractivity contribution >= 4 is 17.5 Å². The van der Waals surface area contributed by atoms with Gasteiger partial charge in [-0.2, -0.15) is 5.26 Å². The molecule has 2 amide bonds. The Hall–Kier alpha value is -3.98. The minimum absolute atomic E-state index is 0.0421. The summed E-state index contributed by atoms with van der Waals surface area (Å²) >= 11 is 0.